The van der Waals surface area contributed by atoms with E-state index in [0.29, 0.717) is 23.0 Å². The van der Waals surface area contributed by atoms with Crippen LogP contribution in [0.2, 0.25) is 5.15 Å². The SMILES string of the molecule is C.COc1cc2c(cc1-c1c(C)noc1C)[nH]c1nc(C)nc(Cc3cnn(C)c3C)c12.COc1cc2c(cc1-c1c(C)noc1C)[nH]c1nc(C)nc(Cl)c12.Cc1c(N)cnn1C.S=S=S=S=S=S=S=S=S=S=S=S=S. The molecule has 0 fully saturated rings. The van der Waals surface area contributed by atoms with Crippen molar-refractivity contribution in [2.24, 2.45) is 14.1 Å². The zero-order valence-corrected chi connectivity index (χ0v) is 53.9. The van der Waals surface area contributed by atoms with E-state index < -0.39 is 0 Å². The fraction of sp³-hybridized carbons (Fsp3) is 0.304. The van der Waals surface area contributed by atoms with Gasteiger partial charge in [0, 0.05) is 185 Å². The molecule has 0 unspecified atom stereocenters. The summed E-state index contributed by atoms with van der Waals surface area (Å²) in [6.07, 6.45) is 4.24. The minimum absolute atomic E-state index is 0. The van der Waals surface area contributed by atoms with Crippen LogP contribution >= 0.6 is 11.6 Å². The third-order valence-corrected chi connectivity index (χ3v) is 34.1. The lowest BCUT2D eigenvalue weighted by molar-refractivity contribution is 0.393. The molecule has 31 heteroatoms. The molecule has 0 aliphatic rings. The molecule has 0 bridgehead atoms. The Labute approximate surface area is 490 Å². The highest BCUT2D eigenvalue weighted by Crippen LogP contribution is 2.42. The van der Waals surface area contributed by atoms with Crippen LogP contribution < -0.4 is 15.2 Å². The van der Waals surface area contributed by atoms with E-state index in [1.807, 2.05) is 91.6 Å². The van der Waals surface area contributed by atoms with Gasteiger partial charge in [-0.3, -0.25) is 9.36 Å². The van der Waals surface area contributed by atoms with Crippen LogP contribution in [0.25, 0.3) is 66.1 Å². The third-order valence-electron chi connectivity index (χ3n) is 11.6. The van der Waals surface area contributed by atoms with E-state index in [4.69, 9.17) is 63.2 Å². The highest BCUT2D eigenvalue weighted by atomic mass is 35.5. The molecule has 2 aromatic carbocycles. The van der Waals surface area contributed by atoms with E-state index in [1.165, 1.54) is 17.8 Å². The Morgan fingerprint density at radius 2 is 1.05 bits per heavy atom. The number of nitrogen functional groups attached to an aromatic ring is 1. The van der Waals surface area contributed by atoms with Crippen molar-refractivity contribution in [3.8, 4) is 33.8 Å². The average molecular weight is 1300 g/mol. The first-order valence-corrected chi connectivity index (χ1v) is 38.4. The minimum Gasteiger partial charge on any atom is -0.496 e. The van der Waals surface area contributed by atoms with Crippen molar-refractivity contribution < 1.29 is 18.5 Å². The van der Waals surface area contributed by atoms with Crippen LogP contribution in [0.5, 0.6) is 11.5 Å². The van der Waals surface area contributed by atoms with Crippen LogP contribution in [-0.2, 0) is 141 Å². The number of anilines is 1. The van der Waals surface area contributed by atoms with Gasteiger partial charge in [-0.2, -0.15) is 10.2 Å². The lowest BCUT2D eigenvalue weighted by Gasteiger charge is -2.09. The van der Waals surface area contributed by atoms with Crippen molar-refractivity contribution in [2.75, 3.05) is 20.0 Å². The number of nitrogens with zero attached hydrogens (tertiary/aromatic N) is 10. The fourth-order valence-electron chi connectivity index (χ4n) is 8.01. The Hall–Kier alpha value is -4.41. The number of ether oxygens (including phenoxy) is 2. The molecule has 4 N–H and O–H groups in total. The van der Waals surface area contributed by atoms with Crippen molar-refractivity contribution >= 4 is 181 Å². The number of aryl methyl sites for hydroxylation is 8. The van der Waals surface area contributed by atoms with Gasteiger partial charge in [-0.25, -0.2) is 19.9 Å². The summed E-state index contributed by atoms with van der Waals surface area (Å²) in [5, 5.41) is 20.6. The molecule has 410 valence electrons. The maximum atomic E-state index is 6.33. The molecule has 0 aliphatic carbocycles. The van der Waals surface area contributed by atoms with Crippen molar-refractivity contribution in [3.63, 3.8) is 0 Å². The van der Waals surface area contributed by atoms with Crippen LogP contribution in [0, 0.1) is 55.4 Å². The molecule has 10 rings (SSSR count). The number of rotatable bonds is 6. The first-order valence-electron chi connectivity index (χ1n) is 22.1. The van der Waals surface area contributed by atoms with Crippen molar-refractivity contribution in [3.05, 3.63) is 99.0 Å². The lowest BCUT2D eigenvalue weighted by atomic mass is 10.00. The molecule has 0 saturated heterocycles. The summed E-state index contributed by atoms with van der Waals surface area (Å²) in [7, 11) is 25.2. The smallest absolute Gasteiger partial charge is 0.143 e. The number of hydrogen-bond acceptors (Lipinski definition) is 15. The molecule has 8 aromatic heterocycles. The van der Waals surface area contributed by atoms with E-state index in [1.54, 1.807) is 105 Å². The van der Waals surface area contributed by atoms with Crippen LogP contribution in [-0.4, -0.2) is 74.0 Å². The van der Waals surface area contributed by atoms with Crippen molar-refractivity contribution in [1.29, 1.82) is 0 Å². The van der Waals surface area contributed by atoms with E-state index in [2.05, 4.69) is 58.4 Å². The number of nitrogens with one attached hydrogen (secondary N) is 2. The number of fused-ring (bicyclic) bond motifs is 6. The molecule has 8 heterocycles. The van der Waals surface area contributed by atoms with E-state index in [0.717, 1.165) is 129 Å². The predicted molar refractivity (Wildman–Crippen MR) is 346 cm³/mol. The quantitative estimate of drug-likeness (QED) is 0.132. The second kappa shape index (κ2) is 28.6. The number of halogens is 1. The first kappa shape index (κ1) is 61.8. The highest BCUT2D eigenvalue weighted by Gasteiger charge is 2.22. The fourth-order valence-corrected chi connectivity index (χ4v) is 33.0. The van der Waals surface area contributed by atoms with Crippen LogP contribution in [0.1, 0.15) is 64.6 Å². The summed E-state index contributed by atoms with van der Waals surface area (Å²) in [5.41, 5.74) is 19.2. The van der Waals surface area contributed by atoms with Crippen LogP contribution in [0.3, 0.4) is 0 Å². The van der Waals surface area contributed by atoms with Gasteiger partial charge in [-0.15, -0.1) is 0 Å². The van der Waals surface area contributed by atoms with Gasteiger partial charge in [0.25, 0.3) is 0 Å². The molecule has 77 heavy (non-hydrogen) atoms. The van der Waals surface area contributed by atoms with Gasteiger partial charge < -0.3 is 34.2 Å². The van der Waals surface area contributed by atoms with Gasteiger partial charge in [-0.05, 0) is 85.2 Å². The first-order chi connectivity index (χ1) is 36.5. The molecule has 0 atom stereocenters. The number of hydrogen-bond donors (Lipinski definition) is 3. The second-order valence-corrected chi connectivity index (χ2v) is 36.0. The summed E-state index contributed by atoms with van der Waals surface area (Å²) in [6.45, 7) is 15.4. The number of aromatic nitrogens is 12. The topological polar surface area (TPSA) is 215 Å². The Morgan fingerprint density at radius 1 is 0.610 bits per heavy atom. The number of nitrogens with two attached hydrogens (primary N) is 1. The standard InChI is InChI=1S/C23H24N6O2.C17H15ClN4O2.C5H9N3.CH4.S13/c1-11-21(13(3)31-28-11)17-8-18-16(9-20(17)30-6)22-19(25-14(4)26-23(22)27-18)7-15-10-24-29(5)12(15)2;1-7-14(8(2)24-22-7)11-5-12-10(6-13(11)23-4)15-16(18)19-9(3)20-17(15)21-12;1-4-5(6)3-7-8(4)2;;1-3-5-7-9-11-13-12-10-8-6-4-2/h8-10H,7H2,1-6H3,(H,25,26,27);5-6H,1-4H3,(H,19,20,21);3H,6H2,1-2H3;1H4;. The van der Waals surface area contributed by atoms with Gasteiger partial charge in [0.15, 0.2) is 0 Å². The van der Waals surface area contributed by atoms with Gasteiger partial charge in [0.05, 0.1) is 71.6 Å². The Kier molecular flexibility index (Phi) is 23.0. The van der Waals surface area contributed by atoms with Gasteiger partial charge in [0.2, 0.25) is 0 Å². The molecule has 0 radical (unpaired) electrons. The number of H-pyrrole nitrogens is 2. The molecule has 0 amide bonds. The van der Waals surface area contributed by atoms with Gasteiger partial charge in [-0.1, -0.05) is 29.3 Å². The van der Waals surface area contributed by atoms with Crippen LogP contribution in [0.4, 0.5) is 5.69 Å². The summed E-state index contributed by atoms with van der Waals surface area (Å²) < 4.78 is 25.7. The zero-order valence-electron chi connectivity index (χ0n) is 42.5. The van der Waals surface area contributed by atoms with E-state index in [9.17, 15) is 0 Å². The molecule has 0 aliphatic heterocycles. The highest BCUT2D eigenvalue weighted by molar-refractivity contribution is 8.75. The van der Waals surface area contributed by atoms with Gasteiger partial charge in [0.1, 0.15) is 51.1 Å². The van der Waals surface area contributed by atoms with Crippen molar-refractivity contribution in [1.82, 2.24) is 59.8 Å². The Balaban J connectivity index is 0.000000184. The Morgan fingerprint density at radius 3 is 1.44 bits per heavy atom. The summed E-state index contributed by atoms with van der Waals surface area (Å²) >= 11 is 15.7. The molecule has 0 spiro atoms. The summed E-state index contributed by atoms with van der Waals surface area (Å²) in [5.74, 6) is 4.33. The van der Waals surface area contributed by atoms with Gasteiger partial charge >= 0.3 is 0 Å². The summed E-state index contributed by atoms with van der Waals surface area (Å²) in [4.78, 5) is 24.9. The monoisotopic (exact) mass is 1300 g/mol. The van der Waals surface area contributed by atoms with Crippen LogP contribution in [0.15, 0.2) is 45.7 Å². The van der Waals surface area contributed by atoms with E-state index in [-0.39, 0.29) is 7.43 Å². The molecular weight excluding hydrogens is 1250 g/mol. The molecular formula is C46H52ClN13O4S13. The Bertz CT molecular complexity index is 4250. The maximum Gasteiger partial charge on any atom is 0.143 e. The van der Waals surface area contributed by atoms with Crippen molar-refractivity contribution in [2.45, 2.75) is 69.2 Å². The lowest BCUT2D eigenvalue weighted by Crippen LogP contribution is -2.00. The largest absolute Gasteiger partial charge is 0.496 e. The normalized spacial score (nSPS) is 10.5. The third kappa shape index (κ3) is 14.7. The number of benzene rings is 2. The minimum atomic E-state index is 0. The average Bonchev–Trinajstić information content (AvgIpc) is 4.31. The molecule has 17 nitrogen and oxygen atoms in total. The zero-order chi connectivity index (χ0) is 54.8. The molecule has 10 aromatic rings. The predicted octanol–water partition coefficient (Wildman–Crippen LogP) is 9.60. The molecule has 0 saturated carbocycles. The second-order valence-electron chi connectivity index (χ2n) is 16.2. The summed E-state index contributed by atoms with van der Waals surface area (Å²) in [6, 6.07) is 8.08. The number of aromatic amines is 2. The van der Waals surface area contributed by atoms with E-state index >= 15 is 0 Å². The number of methoxy groups -OCH3 is 2. The maximum absolute atomic E-state index is 6.33.